The van der Waals surface area contributed by atoms with E-state index in [-0.39, 0.29) is 18.8 Å². The summed E-state index contributed by atoms with van der Waals surface area (Å²) in [5.74, 6) is -2.44. The molecule has 184 valence electrons. The summed E-state index contributed by atoms with van der Waals surface area (Å²) >= 11 is 5.98. The van der Waals surface area contributed by atoms with Gasteiger partial charge in [-0.05, 0) is 47.5 Å². The average Bonchev–Trinajstić information content (AvgIpc) is 3.37. The van der Waals surface area contributed by atoms with Gasteiger partial charge >= 0.3 is 5.97 Å². The van der Waals surface area contributed by atoms with Crippen molar-refractivity contribution in [2.75, 3.05) is 6.54 Å². The van der Waals surface area contributed by atoms with Crippen LogP contribution in [0, 0.1) is 5.82 Å². The summed E-state index contributed by atoms with van der Waals surface area (Å²) in [7, 11) is 0. The molecule has 0 bridgehead atoms. The van der Waals surface area contributed by atoms with Crippen molar-refractivity contribution in [2.24, 2.45) is 0 Å². The number of aliphatic carboxylic acids is 1. The van der Waals surface area contributed by atoms with Crippen LogP contribution in [0.25, 0.3) is 22.5 Å². The number of carbonyl (C=O) groups excluding carboxylic acids is 1. The number of benzene rings is 2. The van der Waals surface area contributed by atoms with E-state index in [1.807, 2.05) is 0 Å². The average molecular weight is 510 g/mol. The van der Waals surface area contributed by atoms with Gasteiger partial charge in [-0.1, -0.05) is 41.9 Å². The monoisotopic (exact) mass is 509 g/mol. The minimum Gasteiger partial charge on any atom is -0.479 e. The zero-order valence-electron chi connectivity index (χ0n) is 18.7. The van der Waals surface area contributed by atoms with Crippen molar-refractivity contribution in [1.29, 1.82) is 0 Å². The molecular weight excluding hydrogens is 489 g/mol. The number of halogens is 2. The number of H-pyrrole nitrogens is 1. The van der Waals surface area contributed by atoms with Gasteiger partial charge in [0, 0.05) is 23.3 Å². The molecule has 4 rings (SSSR count). The molecule has 36 heavy (non-hydrogen) atoms. The summed E-state index contributed by atoms with van der Waals surface area (Å²) in [6, 6.07) is 17.8. The van der Waals surface area contributed by atoms with E-state index in [1.54, 1.807) is 48.7 Å². The minimum absolute atomic E-state index is 0.0651. The molecule has 0 aliphatic rings. The van der Waals surface area contributed by atoms with E-state index in [0.29, 0.717) is 33.1 Å². The number of hydrazine groups is 1. The van der Waals surface area contributed by atoms with Crippen molar-refractivity contribution in [3.63, 3.8) is 0 Å². The molecule has 2 aromatic heterocycles. The topological polar surface area (TPSA) is 131 Å². The van der Waals surface area contributed by atoms with Crippen LogP contribution in [0.3, 0.4) is 0 Å². The van der Waals surface area contributed by atoms with Crippen LogP contribution in [0.2, 0.25) is 5.02 Å². The van der Waals surface area contributed by atoms with Crippen molar-refractivity contribution in [1.82, 2.24) is 25.6 Å². The Hall–Kier alpha value is -4.12. The van der Waals surface area contributed by atoms with E-state index in [4.69, 9.17) is 16.7 Å². The van der Waals surface area contributed by atoms with Crippen molar-refractivity contribution in [3.8, 4) is 22.5 Å². The molecule has 9 nitrogen and oxygen atoms in total. The molecule has 0 saturated carbocycles. The lowest BCUT2D eigenvalue weighted by Crippen LogP contribution is -2.47. The molecule has 1 amide bonds. The number of amides is 1. The molecule has 0 radical (unpaired) electrons. The number of hydrogen-bond acceptors (Lipinski definition) is 6. The second-order valence-corrected chi connectivity index (χ2v) is 8.31. The van der Waals surface area contributed by atoms with Crippen LogP contribution in [-0.4, -0.2) is 54.9 Å². The Labute approximate surface area is 210 Å². The van der Waals surface area contributed by atoms with Crippen LogP contribution in [-0.2, 0) is 11.3 Å². The highest BCUT2D eigenvalue weighted by molar-refractivity contribution is 6.30. The number of hydrogen-bond donors (Lipinski definition) is 4. The van der Waals surface area contributed by atoms with Crippen molar-refractivity contribution in [2.45, 2.75) is 12.6 Å². The molecule has 4 aromatic rings. The fraction of sp³-hybridized carbons (Fsp3) is 0.120. The normalized spacial score (nSPS) is 11.9. The number of aliphatic hydroxyl groups excluding tert-OH is 1. The van der Waals surface area contributed by atoms with Gasteiger partial charge in [-0.2, -0.15) is 5.10 Å². The molecule has 2 aromatic carbocycles. The Bertz CT molecular complexity index is 1360. The Balaban J connectivity index is 1.50. The standard InChI is InChI=1S/C25H21ClFN5O4/c26-17-8-9-19(27)18(11-17)16-6-4-15(5-7-16)13-32(14-23(33)25(35)36)31-24(34)22-12-21(29-30-22)20-3-1-2-10-28-20/h1-12,23,33H,13-14H2,(H,29,30)(H,31,34)(H,35,36). The zero-order chi connectivity index (χ0) is 25.7. The molecule has 0 saturated heterocycles. The highest BCUT2D eigenvalue weighted by Gasteiger charge is 2.21. The van der Waals surface area contributed by atoms with E-state index in [9.17, 15) is 19.1 Å². The fourth-order valence-corrected chi connectivity index (χ4v) is 3.62. The van der Waals surface area contributed by atoms with Gasteiger partial charge in [-0.25, -0.2) is 14.2 Å². The van der Waals surface area contributed by atoms with Gasteiger partial charge in [0.1, 0.15) is 17.2 Å². The molecule has 11 heteroatoms. The first-order valence-electron chi connectivity index (χ1n) is 10.8. The third-order valence-corrected chi connectivity index (χ3v) is 5.49. The van der Waals surface area contributed by atoms with Gasteiger partial charge in [0.15, 0.2) is 6.10 Å². The van der Waals surface area contributed by atoms with Crippen LogP contribution in [0.15, 0.2) is 72.9 Å². The molecule has 0 spiro atoms. The number of carboxylic acid groups (broad SMARTS) is 1. The number of nitrogens with zero attached hydrogens (tertiary/aromatic N) is 3. The summed E-state index contributed by atoms with van der Waals surface area (Å²) in [6.07, 6.45) is -0.138. The van der Waals surface area contributed by atoms with Gasteiger partial charge < -0.3 is 10.2 Å². The van der Waals surface area contributed by atoms with Crippen LogP contribution in [0.5, 0.6) is 0 Å². The van der Waals surface area contributed by atoms with Crippen molar-refractivity contribution >= 4 is 23.5 Å². The molecule has 0 aliphatic carbocycles. The maximum Gasteiger partial charge on any atom is 0.333 e. The van der Waals surface area contributed by atoms with Gasteiger partial charge in [-0.3, -0.25) is 20.3 Å². The van der Waals surface area contributed by atoms with E-state index >= 15 is 0 Å². The van der Waals surface area contributed by atoms with Crippen molar-refractivity contribution < 1.29 is 24.2 Å². The maximum absolute atomic E-state index is 14.2. The molecule has 2 heterocycles. The second kappa shape index (κ2) is 11.1. The first kappa shape index (κ1) is 25.0. The minimum atomic E-state index is -1.74. The number of pyridine rings is 1. The third kappa shape index (κ3) is 6.11. The first-order chi connectivity index (χ1) is 17.3. The van der Waals surface area contributed by atoms with E-state index < -0.39 is 23.8 Å². The smallest absolute Gasteiger partial charge is 0.333 e. The van der Waals surface area contributed by atoms with Gasteiger partial charge in [0.2, 0.25) is 0 Å². The highest BCUT2D eigenvalue weighted by Crippen LogP contribution is 2.26. The lowest BCUT2D eigenvalue weighted by Gasteiger charge is -2.24. The van der Waals surface area contributed by atoms with Gasteiger partial charge in [0.25, 0.3) is 5.91 Å². The fourth-order valence-electron chi connectivity index (χ4n) is 3.45. The summed E-state index contributed by atoms with van der Waals surface area (Å²) < 4.78 is 14.2. The summed E-state index contributed by atoms with van der Waals surface area (Å²) in [6.45, 7) is -0.317. The number of aromatic amines is 1. The van der Waals surface area contributed by atoms with Gasteiger partial charge in [-0.15, -0.1) is 0 Å². The predicted molar refractivity (Wildman–Crippen MR) is 130 cm³/mol. The Morgan fingerprint density at radius 3 is 2.56 bits per heavy atom. The zero-order valence-corrected chi connectivity index (χ0v) is 19.5. The number of aliphatic hydroxyl groups is 1. The highest BCUT2D eigenvalue weighted by atomic mass is 35.5. The van der Waals surface area contributed by atoms with Crippen LogP contribution in [0.1, 0.15) is 16.1 Å². The first-order valence-corrected chi connectivity index (χ1v) is 11.2. The molecule has 0 fully saturated rings. The van der Waals surface area contributed by atoms with E-state index in [1.165, 1.54) is 29.3 Å². The molecule has 1 unspecified atom stereocenters. The largest absolute Gasteiger partial charge is 0.479 e. The lowest BCUT2D eigenvalue weighted by atomic mass is 10.0. The number of carbonyl (C=O) groups is 2. The van der Waals surface area contributed by atoms with E-state index in [0.717, 1.165) is 0 Å². The van der Waals surface area contributed by atoms with E-state index in [2.05, 4.69) is 20.6 Å². The number of aromatic nitrogens is 3. The molecular formula is C25H21ClFN5O4. The number of rotatable bonds is 9. The second-order valence-electron chi connectivity index (χ2n) is 7.88. The van der Waals surface area contributed by atoms with Crippen molar-refractivity contribution in [3.05, 3.63) is 95.0 Å². The predicted octanol–water partition coefficient (Wildman–Crippen LogP) is 3.52. The Morgan fingerprint density at radius 2 is 1.86 bits per heavy atom. The lowest BCUT2D eigenvalue weighted by molar-refractivity contribution is -0.148. The van der Waals surface area contributed by atoms with Crippen LogP contribution in [0.4, 0.5) is 4.39 Å². The number of carboxylic acids is 1. The molecule has 4 N–H and O–H groups in total. The van der Waals surface area contributed by atoms with Gasteiger partial charge in [0.05, 0.1) is 12.2 Å². The third-order valence-electron chi connectivity index (χ3n) is 5.25. The maximum atomic E-state index is 14.2. The summed E-state index contributed by atoms with van der Waals surface area (Å²) in [5.41, 5.74) is 5.36. The van der Waals surface area contributed by atoms with Crippen LogP contribution < -0.4 is 5.43 Å². The molecule has 0 aliphatic heterocycles. The Kier molecular flexibility index (Phi) is 7.69. The quantitative estimate of drug-likeness (QED) is 0.254. The molecule has 1 atom stereocenters. The Morgan fingerprint density at radius 1 is 1.08 bits per heavy atom. The SMILES string of the molecule is O=C(NN(Cc1ccc(-c2cc(Cl)ccc2F)cc1)CC(O)C(=O)O)c1cc(-c2ccccn2)n[nH]1. The van der Waals surface area contributed by atoms with Crippen LogP contribution >= 0.6 is 11.6 Å². The summed E-state index contributed by atoms with van der Waals surface area (Å²) in [4.78, 5) is 28.2. The number of nitrogens with one attached hydrogen (secondary N) is 2. The summed E-state index contributed by atoms with van der Waals surface area (Å²) in [5, 5.41) is 27.4.